The second-order valence-electron chi connectivity index (χ2n) is 4.01. The third-order valence-corrected chi connectivity index (χ3v) is 3.15. The van der Waals surface area contributed by atoms with E-state index in [1.807, 2.05) is 0 Å². The third kappa shape index (κ3) is 6.49. The molecule has 0 spiro atoms. The summed E-state index contributed by atoms with van der Waals surface area (Å²) in [6.07, 6.45) is 0. The Morgan fingerprint density at radius 1 is 1.39 bits per heavy atom. The van der Waals surface area contributed by atoms with Crippen molar-refractivity contribution in [3.63, 3.8) is 0 Å². The normalized spacial score (nSPS) is 10.4. The highest BCUT2D eigenvalue weighted by Crippen LogP contribution is 2.10. The number of carbonyl (C=O) groups is 1. The van der Waals surface area contributed by atoms with Gasteiger partial charge in [0.05, 0.1) is 12.3 Å². The molecule has 0 heterocycles. The third-order valence-electron chi connectivity index (χ3n) is 2.05. The molecule has 1 aromatic carbocycles. The van der Waals surface area contributed by atoms with E-state index in [1.165, 1.54) is 12.1 Å². The molecule has 0 aliphatic carbocycles. The van der Waals surface area contributed by atoms with Crippen LogP contribution in [0.5, 0.6) is 5.75 Å². The number of rotatable bonds is 7. The van der Waals surface area contributed by atoms with Gasteiger partial charge in [-0.05, 0) is 29.5 Å². The molecule has 0 saturated heterocycles. The monoisotopic (exact) mass is 271 g/mol. The van der Waals surface area contributed by atoms with E-state index in [0.717, 1.165) is 0 Å². The van der Waals surface area contributed by atoms with Crippen LogP contribution in [0.4, 0.5) is 4.39 Å². The summed E-state index contributed by atoms with van der Waals surface area (Å²) >= 11 is 1.60. The molecule has 100 valence electrons. The average Bonchev–Trinajstić information content (AvgIpc) is 2.34. The molecule has 3 nitrogen and oxygen atoms in total. The van der Waals surface area contributed by atoms with Gasteiger partial charge in [0.2, 0.25) is 5.91 Å². The van der Waals surface area contributed by atoms with Gasteiger partial charge in [-0.2, -0.15) is 0 Å². The van der Waals surface area contributed by atoms with Gasteiger partial charge in [0.15, 0.2) is 0 Å². The van der Waals surface area contributed by atoms with Crippen molar-refractivity contribution in [1.29, 1.82) is 0 Å². The van der Waals surface area contributed by atoms with Gasteiger partial charge in [0.25, 0.3) is 0 Å². The summed E-state index contributed by atoms with van der Waals surface area (Å²) < 4.78 is 18.0. The van der Waals surface area contributed by atoms with Crippen LogP contribution >= 0.6 is 11.8 Å². The van der Waals surface area contributed by atoms with Crippen LogP contribution in [0.3, 0.4) is 0 Å². The molecule has 5 heteroatoms. The van der Waals surface area contributed by atoms with Crippen molar-refractivity contribution in [2.24, 2.45) is 0 Å². The summed E-state index contributed by atoms with van der Waals surface area (Å²) in [4.78, 5) is 11.4. The lowest BCUT2D eigenvalue weighted by molar-refractivity contribution is -0.118. The molecule has 0 saturated carbocycles. The molecule has 0 fully saturated rings. The Hall–Kier alpha value is -1.23. The Morgan fingerprint density at radius 2 is 2.06 bits per heavy atom. The number of carbonyl (C=O) groups excluding carboxylic acids is 1. The molecule has 0 aliphatic heterocycles. The predicted octanol–water partition coefficient (Wildman–Crippen LogP) is 2.46. The van der Waals surface area contributed by atoms with Crippen molar-refractivity contribution in [1.82, 2.24) is 5.32 Å². The Labute approximate surface area is 111 Å². The lowest BCUT2D eigenvalue weighted by atomic mass is 10.3. The zero-order valence-electron chi connectivity index (χ0n) is 10.6. The fourth-order valence-electron chi connectivity index (χ4n) is 1.18. The number of hydrogen-bond acceptors (Lipinski definition) is 3. The van der Waals surface area contributed by atoms with E-state index in [4.69, 9.17) is 4.74 Å². The maximum Gasteiger partial charge on any atom is 0.230 e. The summed E-state index contributed by atoms with van der Waals surface area (Å²) in [7, 11) is 0. The zero-order valence-corrected chi connectivity index (χ0v) is 11.4. The van der Waals surface area contributed by atoms with Crippen LogP contribution in [0, 0.1) is 5.82 Å². The Bertz CT molecular complexity index is 368. The number of ether oxygens (including phenoxy) is 1. The molecular weight excluding hydrogens is 253 g/mol. The summed E-state index contributed by atoms with van der Waals surface area (Å²) in [5, 5.41) is 3.21. The smallest absolute Gasteiger partial charge is 0.230 e. The molecule has 1 amide bonds. The van der Waals surface area contributed by atoms with E-state index in [1.54, 1.807) is 23.9 Å². The number of hydrogen-bond donors (Lipinski definition) is 1. The van der Waals surface area contributed by atoms with Crippen LogP contribution < -0.4 is 10.1 Å². The van der Waals surface area contributed by atoms with Gasteiger partial charge < -0.3 is 10.1 Å². The van der Waals surface area contributed by atoms with Gasteiger partial charge in [0.1, 0.15) is 18.2 Å². The van der Waals surface area contributed by atoms with Crippen LogP contribution in [-0.2, 0) is 4.79 Å². The SMILES string of the molecule is CC(C)SCC(=O)NCCOc1ccc(F)cc1. The molecule has 1 rings (SSSR count). The second-order valence-corrected chi connectivity index (χ2v) is 5.58. The van der Waals surface area contributed by atoms with E-state index in [9.17, 15) is 9.18 Å². The second kappa shape index (κ2) is 7.97. The summed E-state index contributed by atoms with van der Waals surface area (Å²) in [5.41, 5.74) is 0. The van der Waals surface area contributed by atoms with Gasteiger partial charge in [-0.3, -0.25) is 4.79 Å². The van der Waals surface area contributed by atoms with E-state index in [-0.39, 0.29) is 11.7 Å². The van der Waals surface area contributed by atoms with Gasteiger partial charge in [0, 0.05) is 0 Å². The highest BCUT2D eigenvalue weighted by atomic mass is 32.2. The molecule has 0 aromatic heterocycles. The van der Waals surface area contributed by atoms with E-state index >= 15 is 0 Å². The summed E-state index contributed by atoms with van der Waals surface area (Å²) in [5.74, 6) is 0.786. The maximum atomic E-state index is 12.6. The first-order chi connectivity index (χ1) is 8.58. The molecular formula is C13H18FNO2S. The molecule has 0 aliphatic rings. The molecule has 1 aromatic rings. The van der Waals surface area contributed by atoms with Crippen LogP contribution in [-0.4, -0.2) is 30.1 Å². The minimum Gasteiger partial charge on any atom is -0.492 e. The predicted molar refractivity (Wildman–Crippen MR) is 72.5 cm³/mol. The quantitative estimate of drug-likeness (QED) is 0.774. The summed E-state index contributed by atoms with van der Waals surface area (Å²) in [6.45, 7) is 4.93. The van der Waals surface area contributed by atoms with Crippen molar-refractivity contribution in [2.45, 2.75) is 19.1 Å². The number of amides is 1. The first-order valence-electron chi connectivity index (χ1n) is 5.84. The summed E-state index contributed by atoms with van der Waals surface area (Å²) in [6, 6.07) is 5.80. The number of halogens is 1. The van der Waals surface area contributed by atoms with E-state index in [2.05, 4.69) is 19.2 Å². The molecule has 0 radical (unpaired) electrons. The van der Waals surface area contributed by atoms with Crippen molar-refractivity contribution >= 4 is 17.7 Å². The first kappa shape index (κ1) is 14.8. The average molecular weight is 271 g/mol. The molecule has 0 unspecified atom stereocenters. The van der Waals surface area contributed by atoms with Gasteiger partial charge in [-0.25, -0.2) is 4.39 Å². The highest BCUT2D eigenvalue weighted by Gasteiger charge is 2.02. The van der Waals surface area contributed by atoms with Crippen LogP contribution in [0.1, 0.15) is 13.8 Å². The van der Waals surface area contributed by atoms with Gasteiger partial charge >= 0.3 is 0 Å². The lowest BCUT2D eigenvalue weighted by Gasteiger charge is -2.08. The van der Waals surface area contributed by atoms with Crippen LogP contribution in [0.15, 0.2) is 24.3 Å². The van der Waals surface area contributed by atoms with Crippen LogP contribution in [0.2, 0.25) is 0 Å². The minimum atomic E-state index is -0.290. The fraction of sp³-hybridized carbons (Fsp3) is 0.462. The first-order valence-corrected chi connectivity index (χ1v) is 6.89. The van der Waals surface area contributed by atoms with Gasteiger partial charge in [-0.15, -0.1) is 11.8 Å². The van der Waals surface area contributed by atoms with E-state index in [0.29, 0.717) is 29.9 Å². The number of thioether (sulfide) groups is 1. The zero-order chi connectivity index (χ0) is 13.4. The number of nitrogens with one attached hydrogen (secondary N) is 1. The van der Waals surface area contributed by atoms with Crippen molar-refractivity contribution in [2.75, 3.05) is 18.9 Å². The molecule has 0 atom stereocenters. The van der Waals surface area contributed by atoms with Crippen molar-refractivity contribution < 1.29 is 13.9 Å². The van der Waals surface area contributed by atoms with Gasteiger partial charge in [-0.1, -0.05) is 13.8 Å². The van der Waals surface area contributed by atoms with Crippen LogP contribution in [0.25, 0.3) is 0 Å². The molecule has 0 bridgehead atoms. The number of benzene rings is 1. The highest BCUT2D eigenvalue weighted by molar-refractivity contribution is 8.00. The van der Waals surface area contributed by atoms with Crippen molar-refractivity contribution in [3.8, 4) is 5.75 Å². The Kier molecular flexibility index (Phi) is 6.57. The van der Waals surface area contributed by atoms with E-state index < -0.39 is 0 Å². The maximum absolute atomic E-state index is 12.6. The molecule has 1 N–H and O–H groups in total. The Balaban J connectivity index is 2.11. The topological polar surface area (TPSA) is 38.3 Å². The van der Waals surface area contributed by atoms with Crippen molar-refractivity contribution in [3.05, 3.63) is 30.1 Å². The minimum absolute atomic E-state index is 0.0106. The lowest BCUT2D eigenvalue weighted by Crippen LogP contribution is -2.29. The largest absolute Gasteiger partial charge is 0.492 e. The fourth-order valence-corrected chi connectivity index (χ4v) is 1.77. The molecule has 18 heavy (non-hydrogen) atoms. The Morgan fingerprint density at radius 3 is 2.67 bits per heavy atom. The standard InChI is InChI=1S/C13H18FNO2S/c1-10(2)18-9-13(16)15-7-8-17-12-5-3-11(14)4-6-12/h3-6,10H,7-9H2,1-2H3,(H,15,16).